The number of rotatable bonds is 5. The molecule has 0 aromatic carbocycles. The summed E-state index contributed by atoms with van der Waals surface area (Å²) in [7, 11) is 1.33. The van der Waals surface area contributed by atoms with Crippen LogP contribution in [0.15, 0.2) is 24.6 Å². The summed E-state index contributed by atoms with van der Waals surface area (Å²) < 4.78 is 80.6. The van der Waals surface area contributed by atoms with E-state index in [0.29, 0.717) is 0 Å². The van der Waals surface area contributed by atoms with Gasteiger partial charge in [0.05, 0.1) is 24.0 Å². The van der Waals surface area contributed by atoms with Gasteiger partial charge in [0.2, 0.25) is 5.91 Å². The van der Waals surface area contributed by atoms with E-state index in [1.54, 1.807) is 0 Å². The molecule has 0 fully saturated rings. The number of nitrogens with one attached hydrogen (secondary N) is 1. The maximum atomic E-state index is 12.7. The predicted octanol–water partition coefficient (Wildman–Crippen LogP) is 4.00. The summed E-state index contributed by atoms with van der Waals surface area (Å²) in [6.45, 7) is 3.45. The quantitative estimate of drug-likeness (QED) is 0.650. The van der Waals surface area contributed by atoms with Crippen LogP contribution < -0.4 is 5.32 Å². The third-order valence-corrected chi connectivity index (χ3v) is 2.70. The van der Waals surface area contributed by atoms with Gasteiger partial charge in [-0.05, 0) is 6.07 Å². The van der Waals surface area contributed by atoms with Crippen molar-refractivity contribution in [1.82, 2.24) is 4.98 Å². The van der Waals surface area contributed by atoms with Gasteiger partial charge >= 0.3 is 12.4 Å². The molecule has 0 atom stereocenters. The molecule has 1 amide bonds. The van der Waals surface area contributed by atoms with Crippen LogP contribution >= 0.6 is 0 Å². The number of pyridine rings is 1. The largest absolute Gasteiger partial charge is 0.502 e. The summed E-state index contributed by atoms with van der Waals surface area (Å²) in [6, 6.07) is 0.145. The number of anilines is 1. The number of aromatic nitrogens is 1. The Bertz CT molecular complexity index is 595. The minimum atomic E-state index is -5.24. The van der Waals surface area contributed by atoms with E-state index in [1.165, 1.54) is 7.11 Å². The molecule has 23 heavy (non-hydrogen) atoms. The Balaban J connectivity index is 2.98. The Morgan fingerprint density at radius 3 is 2.22 bits per heavy atom. The molecule has 0 aliphatic rings. The molecule has 0 aliphatic heterocycles. The van der Waals surface area contributed by atoms with Crippen LogP contribution in [0.5, 0.6) is 0 Å². The molecular formula is C13H12F6N2O2. The van der Waals surface area contributed by atoms with Gasteiger partial charge in [0, 0.05) is 19.0 Å². The van der Waals surface area contributed by atoms with Crippen molar-refractivity contribution in [2.24, 2.45) is 0 Å². The zero-order valence-corrected chi connectivity index (χ0v) is 11.8. The van der Waals surface area contributed by atoms with Crippen LogP contribution in [0.1, 0.15) is 24.0 Å². The highest BCUT2D eigenvalue weighted by atomic mass is 19.4. The number of amides is 1. The van der Waals surface area contributed by atoms with Gasteiger partial charge in [-0.2, -0.15) is 26.3 Å². The van der Waals surface area contributed by atoms with E-state index in [9.17, 15) is 31.1 Å². The number of alkyl halides is 6. The molecule has 0 saturated heterocycles. The van der Waals surface area contributed by atoms with E-state index in [-0.39, 0.29) is 30.9 Å². The van der Waals surface area contributed by atoms with Gasteiger partial charge in [-0.25, -0.2) is 4.98 Å². The molecule has 1 rings (SSSR count). The Hall–Kier alpha value is -2.26. The average Bonchev–Trinajstić information content (AvgIpc) is 2.42. The number of carbonyl (C=O) groups is 1. The molecule has 0 unspecified atom stereocenters. The second-order valence-electron chi connectivity index (χ2n) is 4.40. The standard InChI is InChI=1S/C13H12F6N2O2/c1-7(23-2)3-4-11(22)21-10-5-8(12(14,15)16)9(6-20-10)13(17,18)19/h5-6H,1,3-4H2,2H3,(H,20,21,22). The number of carbonyl (C=O) groups excluding carboxylic acids is 1. The summed E-state index contributed by atoms with van der Waals surface area (Å²) >= 11 is 0. The fourth-order valence-electron chi connectivity index (χ4n) is 1.54. The number of methoxy groups -OCH3 is 1. The Morgan fingerprint density at radius 2 is 1.74 bits per heavy atom. The highest BCUT2D eigenvalue weighted by Gasteiger charge is 2.43. The van der Waals surface area contributed by atoms with Crippen LogP contribution in [0.3, 0.4) is 0 Å². The number of halogens is 6. The fourth-order valence-corrected chi connectivity index (χ4v) is 1.54. The molecule has 4 nitrogen and oxygen atoms in total. The lowest BCUT2D eigenvalue weighted by Gasteiger charge is -2.16. The van der Waals surface area contributed by atoms with E-state index in [1.807, 2.05) is 5.32 Å². The maximum Gasteiger partial charge on any atom is 0.418 e. The summed E-state index contributed by atoms with van der Waals surface area (Å²) in [5.41, 5.74) is -3.84. The number of nitrogens with zero attached hydrogens (tertiary/aromatic N) is 1. The lowest BCUT2D eigenvalue weighted by atomic mass is 10.1. The van der Waals surface area contributed by atoms with Crippen LogP contribution in [0.25, 0.3) is 0 Å². The minimum Gasteiger partial charge on any atom is -0.502 e. The van der Waals surface area contributed by atoms with Gasteiger partial charge in [0.1, 0.15) is 5.82 Å². The highest BCUT2D eigenvalue weighted by Crippen LogP contribution is 2.40. The van der Waals surface area contributed by atoms with Gasteiger partial charge < -0.3 is 10.1 Å². The summed E-state index contributed by atoms with van der Waals surface area (Å²) in [5, 5.41) is 2.00. The molecule has 0 radical (unpaired) electrons. The van der Waals surface area contributed by atoms with Gasteiger partial charge in [-0.1, -0.05) is 6.58 Å². The number of allylic oxidation sites excluding steroid dienone is 1. The predicted molar refractivity (Wildman–Crippen MR) is 68.3 cm³/mol. The van der Waals surface area contributed by atoms with E-state index in [2.05, 4.69) is 11.6 Å². The lowest BCUT2D eigenvalue weighted by Crippen LogP contribution is -2.19. The van der Waals surface area contributed by atoms with Crippen LogP contribution in [-0.2, 0) is 21.9 Å². The Labute approximate surface area is 127 Å². The van der Waals surface area contributed by atoms with Crippen molar-refractivity contribution in [3.05, 3.63) is 35.7 Å². The van der Waals surface area contributed by atoms with Gasteiger partial charge in [0.25, 0.3) is 0 Å². The Morgan fingerprint density at radius 1 is 1.17 bits per heavy atom. The van der Waals surface area contributed by atoms with Gasteiger partial charge in [-0.15, -0.1) is 0 Å². The molecule has 10 heteroatoms. The molecule has 0 spiro atoms. The molecule has 1 N–H and O–H groups in total. The lowest BCUT2D eigenvalue weighted by molar-refractivity contribution is -0.162. The van der Waals surface area contributed by atoms with E-state index >= 15 is 0 Å². The number of hydrogen-bond donors (Lipinski definition) is 1. The fraction of sp³-hybridized carbons (Fsp3) is 0.385. The van der Waals surface area contributed by atoms with Crippen molar-refractivity contribution in [3.63, 3.8) is 0 Å². The van der Waals surface area contributed by atoms with Crippen molar-refractivity contribution < 1.29 is 35.9 Å². The van der Waals surface area contributed by atoms with Crippen LogP contribution in [0.2, 0.25) is 0 Å². The first kappa shape index (κ1) is 18.8. The molecule has 1 heterocycles. The first-order valence-corrected chi connectivity index (χ1v) is 6.11. The molecule has 1 aromatic heterocycles. The zero-order valence-electron chi connectivity index (χ0n) is 11.8. The topological polar surface area (TPSA) is 51.2 Å². The van der Waals surface area contributed by atoms with E-state index in [0.717, 1.165) is 0 Å². The first-order chi connectivity index (χ1) is 10.4. The van der Waals surface area contributed by atoms with Crippen molar-refractivity contribution in [3.8, 4) is 0 Å². The SMILES string of the molecule is C=C(CCC(=O)Nc1cc(C(F)(F)F)c(C(F)(F)F)cn1)OC. The van der Waals surface area contributed by atoms with Gasteiger partial charge in [0.15, 0.2) is 0 Å². The van der Waals surface area contributed by atoms with Crippen molar-refractivity contribution >= 4 is 11.7 Å². The van der Waals surface area contributed by atoms with Crippen molar-refractivity contribution in [2.45, 2.75) is 25.2 Å². The molecule has 1 aromatic rings. The highest BCUT2D eigenvalue weighted by molar-refractivity contribution is 5.89. The zero-order chi connectivity index (χ0) is 17.8. The second kappa shape index (κ2) is 6.88. The molecule has 0 aliphatic carbocycles. The van der Waals surface area contributed by atoms with Crippen LogP contribution in [0.4, 0.5) is 32.2 Å². The molecular weight excluding hydrogens is 330 g/mol. The van der Waals surface area contributed by atoms with Crippen LogP contribution in [-0.4, -0.2) is 18.0 Å². The van der Waals surface area contributed by atoms with Crippen molar-refractivity contribution in [1.29, 1.82) is 0 Å². The van der Waals surface area contributed by atoms with Gasteiger partial charge in [-0.3, -0.25) is 4.79 Å². The first-order valence-electron chi connectivity index (χ1n) is 6.11. The molecule has 0 bridgehead atoms. The van der Waals surface area contributed by atoms with E-state index < -0.39 is 35.2 Å². The van der Waals surface area contributed by atoms with Crippen molar-refractivity contribution in [2.75, 3.05) is 12.4 Å². The monoisotopic (exact) mass is 342 g/mol. The third kappa shape index (κ3) is 5.46. The maximum absolute atomic E-state index is 12.7. The summed E-state index contributed by atoms with van der Waals surface area (Å²) in [6.07, 6.45) is -10.5. The van der Waals surface area contributed by atoms with E-state index in [4.69, 9.17) is 4.74 Å². The number of ether oxygens (including phenoxy) is 1. The normalized spacial score (nSPS) is 12.0. The average molecular weight is 342 g/mol. The second-order valence-corrected chi connectivity index (χ2v) is 4.40. The molecule has 128 valence electrons. The summed E-state index contributed by atoms with van der Waals surface area (Å²) in [5.74, 6) is -1.08. The van der Waals surface area contributed by atoms with Crippen LogP contribution in [0, 0.1) is 0 Å². The number of hydrogen-bond acceptors (Lipinski definition) is 3. The summed E-state index contributed by atoms with van der Waals surface area (Å²) in [4.78, 5) is 14.7. The third-order valence-electron chi connectivity index (χ3n) is 2.70. The Kier molecular flexibility index (Phi) is 5.62. The molecule has 0 saturated carbocycles. The smallest absolute Gasteiger partial charge is 0.418 e. The minimum absolute atomic E-state index is 0.0342.